The largest absolute Gasteiger partial charge is 1.00 e. The smallest absolute Gasteiger partial charge is 0.744 e. The van der Waals surface area contributed by atoms with Crippen LogP contribution in [0.25, 0.3) is 21.5 Å². The molecule has 6 N–H and O–H groups in total. The summed E-state index contributed by atoms with van der Waals surface area (Å²) in [6, 6.07) is 23.2. The van der Waals surface area contributed by atoms with Crippen LogP contribution in [-0.2, 0) is 60.7 Å². The van der Waals surface area contributed by atoms with Crippen LogP contribution in [0.5, 0.6) is 0 Å². The van der Waals surface area contributed by atoms with Gasteiger partial charge < -0.3 is 59.2 Å². The van der Waals surface area contributed by atoms with E-state index in [1.165, 1.54) is 72.8 Å². The number of carbonyl (C=O) groups is 5. The number of fused-ring (bicyclic) bond motifs is 2. The number of benzene rings is 8. The molecule has 0 bridgehead atoms. The van der Waals surface area contributed by atoms with Gasteiger partial charge in [-0.25, -0.2) is 55.3 Å². The number of hydrogen-bond acceptors (Lipinski definition) is 23. The number of rotatable bonds is 16. The van der Waals surface area contributed by atoms with Gasteiger partial charge in [0.05, 0.1) is 40.7 Å². The summed E-state index contributed by atoms with van der Waals surface area (Å²) in [6.45, 7) is 0. The summed E-state index contributed by atoms with van der Waals surface area (Å²) < 4.78 is 216. The van der Waals surface area contributed by atoms with E-state index < -0.39 is 153 Å². The minimum Gasteiger partial charge on any atom is -0.744 e. The van der Waals surface area contributed by atoms with Crippen molar-refractivity contribution in [1.82, 2.24) is 0 Å². The van der Waals surface area contributed by atoms with Crippen LogP contribution in [0, 0.1) is 0 Å². The van der Waals surface area contributed by atoms with Gasteiger partial charge in [-0.3, -0.25) is 19.2 Å². The number of carbonyl (C=O) groups excluding carboxylic acids is 5. The second kappa shape index (κ2) is 32.6. The van der Waals surface area contributed by atoms with Crippen LogP contribution in [0.3, 0.4) is 0 Å². The van der Waals surface area contributed by atoms with E-state index in [9.17, 15) is 102 Å². The molecular weight excluding hydrogens is 1370 g/mol. The van der Waals surface area contributed by atoms with Crippen LogP contribution in [0.15, 0.2) is 175 Å². The first-order chi connectivity index (χ1) is 38.9. The molecular formula is C49H30N6Na6O23S6. The third-order valence-corrected chi connectivity index (χ3v) is 16.7. The van der Waals surface area contributed by atoms with E-state index in [-0.39, 0.29) is 234 Å². The zero-order chi connectivity index (χ0) is 61.6. The third kappa shape index (κ3) is 20.9. The number of amides is 6. The van der Waals surface area contributed by atoms with E-state index in [1.807, 2.05) is 0 Å². The zero-order valence-electron chi connectivity index (χ0n) is 47.2. The Morgan fingerprint density at radius 2 is 0.556 bits per heavy atom. The van der Waals surface area contributed by atoms with E-state index in [1.54, 1.807) is 0 Å². The van der Waals surface area contributed by atoms with Crippen LogP contribution < -0.4 is 209 Å². The van der Waals surface area contributed by atoms with E-state index in [4.69, 9.17) is 0 Å². The Balaban J connectivity index is 0.00000460. The standard InChI is InChI=1S/C49H36N6O23S6.6Na/c56-45(54-39-21-35(79(61,62)63)17-29-19-37(81(67,68)69)23-41(43(29)39)83(73,74)75)25-7-11-31(12-8-25)50-47(58)27-3-1-5-33(15-27)52-49(60)53-34-6-2-4-28(16-34)48(59)51-32-13-9-26(10-14-32)46(57)55-40-22-36(80(64,65)66)18-30-20-38(82(70,71)72)24-42(44(30)40)84(76,77)78;;;;;;/h1-24H,(H,50,58)(H,51,59)(H,54,56)(H,55,57)(H2,52,53,60)(H,61,62,63)(H,64,65,66)(H,67,68,69)(H,70,71,72)(H,73,74,75)(H,76,77,78);;;;;;/q;6*+1/p-6. The predicted octanol–water partition coefficient (Wildman–Crippen LogP) is -13.9. The van der Waals surface area contributed by atoms with Crippen molar-refractivity contribution in [2.45, 2.75) is 29.4 Å². The molecule has 0 spiro atoms. The summed E-state index contributed by atoms with van der Waals surface area (Å²) in [5, 5.41) is 11.7. The van der Waals surface area contributed by atoms with Gasteiger partial charge in [0, 0.05) is 55.8 Å². The maximum absolute atomic E-state index is 13.4. The Hall–Kier alpha value is -3.11. The zero-order valence-corrected chi connectivity index (χ0v) is 64.1. The molecule has 8 rings (SSSR count). The van der Waals surface area contributed by atoms with Crippen molar-refractivity contribution in [3.05, 3.63) is 168 Å². The molecule has 0 heterocycles. The summed E-state index contributed by atoms with van der Waals surface area (Å²) in [5.41, 5.74) is -1.56. The Labute approximate surface area is 644 Å². The molecule has 0 radical (unpaired) electrons. The van der Waals surface area contributed by atoms with Crippen LogP contribution >= 0.6 is 0 Å². The van der Waals surface area contributed by atoms with Crippen molar-refractivity contribution in [2.24, 2.45) is 0 Å². The minimum atomic E-state index is -5.63. The maximum Gasteiger partial charge on any atom is 1.00 e. The molecule has 0 unspecified atom stereocenters. The van der Waals surface area contributed by atoms with E-state index >= 15 is 0 Å². The third-order valence-electron chi connectivity index (χ3n) is 11.7. The molecule has 0 aliphatic heterocycles. The van der Waals surface area contributed by atoms with E-state index in [0.29, 0.717) is 36.4 Å². The summed E-state index contributed by atoms with van der Waals surface area (Å²) in [6.07, 6.45) is 0. The Kier molecular flexibility index (Phi) is 30.0. The van der Waals surface area contributed by atoms with Crippen molar-refractivity contribution in [3.63, 3.8) is 0 Å². The second-order valence-corrected chi connectivity index (χ2v) is 25.6. The van der Waals surface area contributed by atoms with Gasteiger partial charge in [-0.1, -0.05) is 12.1 Å². The van der Waals surface area contributed by atoms with E-state index in [2.05, 4.69) is 31.9 Å². The Morgan fingerprint density at radius 1 is 0.278 bits per heavy atom. The summed E-state index contributed by atoms with van der Waals surface area (Å²) in [7, 11) is -32.9. The van der Waals surface area contributed by atoms with Gasteiger partial charge in [0.25, 0.3) is 23.6 Å². The van der Waals surface area contributed by atoms with Gasteiger partial charge >= 0.3 is 183 Å². The summed E-state index contributed by atoms with van der Waals surface area (Å²) >= 11 is 0. The van der Waals surface area contributed by atoms with Gasteiger partial charge in [0.2, 0.25) is 0 Å². The molecule has 0 saturated heterocycles. The SMILES string of the molecule is O=C(Nc1cccc(C(=O)Nc2ccc(C(=O)Nc3cc(S(=O)(=O)[O-])cc4cc(S(=O)(=O)[O-])cc(S(=O)(=O)[O-])c34)cc2)c1)Nc1cccc(C(=O)Nc2ccc(C(=O)Nc3cc(S(=O)(=O)[O-])cc4cc(S(=O)(=O)[O-])cc(S(=O)(=O)[O-])c34)cc2)c1.[Na+].[Na+].[Na+].[Na+].[Na+].[Na+]. The van der Waals surface area contributed by atoms with Crippen molar-refractivity contribution < 1.29 is 279 Å². The average molecular weight is 1400 g/mol. The molecule has 0 aliphatic carbocycles. The topological polar surface area (TPSA) is 501 Å². The predicted molar refractivity (Wildman–Crippen MR) is 286 cm³/mol. The molecule has 8 aromatic rings. The quantitative estimate of drug-likeness (QED) is 0.0386. The Morgan fingerprint density at radius 3 is 0.833 bits per heavy atom. The molecule has 90 heavy (non-hydrogen) atoms. The van der Waals surface area contributed by atoms with Crippen molar-refractivity contribution in [3.8, 4) is 0 Å². The first kappa shape index (κ1) is 83.0. The molecule has 6 amide bonds. The van der Waals surface area contributed by atoms with Gasteiger partial charge in [-0.05, 0) is 144 Å². The van der Waals surface area contributed by atoms with Gasteiger partial charge in [-0.15, -0.1) is 0 Å². The molecule has 8 aromatic carbocycles. The van der Waals surface area contributed by atoms with Gasteiger partial charge in [-0.2, -0.15) is 0 Å². The second-order valence-electron chi connectivity index (χ2n) is 17.4. The van der Waals surface area contributed by atoms with Crippen molar-refractivity contribution in [1.29, 1.82) is 0 Å². The number of anilines is 6. The number of hydrogen-bond donors (Lipinski definition) is 6. The molecule has 29 nitrogen and oxygen atoms in total. The summed E-state index contributed by atoms with van der Waals surface area (Å²) in [4.78, 5) is 59.0. The maximum atomic E-state index is 13.4. The van der Waals surface area contributed by atoms with Gasteiger partial charge in [0.15, 0.2) is 0 Å². The normalized spacial score (nSPS) is 11.4. The van der Waals surface area contributed by atoms with Crippen molar-refractivity contribution >= 4 is 146 Å². The molecule has 436 valence electrons. The first-order valence-electron chi connectivity index (χ1n) is 22.6. The molecule has 0 aliphatic rings. The fourth-order valence-corrected chi connectivity index (χ4v) is 11.8. The first-order valence-corrected chi connectivity index (χ1v) is 31.1. The van der Waals surface area contributed by atoms with E-state index in [0.717, 1.165) is 24.3 Å². The minimum absolute atomic E-state index is 0. The number of nitrogens with one attached hydrogen (secondary N) is 6. The van der Waals surface area contributed by atoms with Gasteiger partial charge in [0.1, 0.15) is 60.7 Å². The molecule has 0 saturated carbocycles. The van der Waals surface area contributed by atoms with Crippen LogP contribution in [-0.4, -0.2) is 107 Å². The van der Waals surface area contributed by atoms with Crippen molar-refractivity contribution in [2.75, 3.05) is 31.9 Å². The fourth-order valence-electron chi connectivity index (χ4n) is 7.99. The summed E-state index contributed by atoms with van der Waals surface area (Å²) in [5.74, 6) is -3.65. The fraction of sp³-hybridized carbons (Fsp3) is 0. The average Bonchev–Trinajstić information content (AvgIpc) is 0.774. The van der Waals surface area contributed by atoms with Crippen LogP contribution in [0.4, 0.5) is 38.9 Å². The van der Waals surface area contributed by atoms with Crippen LogP contribution in [0.1, 0.15) is 41.4 Å². The monoisotopic (exact) mass is 1400 g/mol. The number of urea groups is 1. The molecule has 0 aromatic heterocycles. The molecule has 41 heteroatoms. The molecule has 0 fully saturated rings. The van der Waals surface area contributed by atoms with Crippen LogP contribution in [0.2, 0.25) is 0 Å². The Bertz CT molecular complexity index is 4590. The molecule has 0 atom stereocenters.